The Balaban J connectivity index is 1.79. The molecule has 2 N–H and O–H groups in total. The number of hydrogen-bond donors (Lipinski definition) is 2. The van der Waals surface area contributed by atoms with E-state index in [0.29, 0.717) is 18.9 Å². The van der Waals surface area contributed by atoms with Gasteiger partial charge in [0, 0.05) is 32.5 Å². The summed E-state index contributed by atoms with van der Waals surface area (Å²) in [5, 5.41) is 6.28. The molecule has 2 saturated heterocycles. The molecule has 2 unspecified atom stereocenters. The molecule has 0 saturated carbocycles. The first kappa shape index (κ1) is 14.3. The van der Waals surface area contributed by atoms with Crippen LogP contribution in [0.25, 0.3) is 0 Å². The second-order valence-corrected chi connectivity index (χ2v) is 5.80. The van der Waals surface area contributed by atoms with Crippen molar-refractivity contribution in [2.75, 3.05) is 26.2 Å². The molecule has 0 spiro atoms. The minimum atomic E-state index is -0.00391. The second-order valence-electron chi connectivity index (χ2n) is 5.80. The summed E-state index contributed by atoms with van der Waals surface area (Å²) < 4.78 is 0. The molecule has 2 fully saturated rings. The number of likely N-dealkylation sites (tertiary alicyclic amines) is 1. The van der Waals surface area contributed by atoms with Crippen molar-refractivity contribution in [1.82, 2.24) is 15.5 Å². The Hall–Kier alpha value is -1.10. The lowest BCUT2D eigenvalue weighted by molar-refractivity contribution is -0.134. The van der Waals surface area contributed by atoms with Gasteiger partial charge in [-0.3, -0.25) is 9.59 Å². The molecule has 5 nitrogen and oxygen atoms in total. The topological polar surface area (TPSA) is 61.4 Å². The molecule has 5 heteroatoms. The van der Waals surface area contributed by atoms with Crippen LogP contribution >= 0.6 is 0 Å². The van der Waals surface area contributed by atoms with Crippen LogP contribution in [0, 0.1) is 5.92 Å². The summed E-state index contributed by atoms with van der Waals surface area (Å²) in [5.74, 6) is 0.738. The van der Waals surface area contributed by atoms with Crippen LogP contribution in [0.5, 0.6) is 0 Å². The quantitative estimate of drug-likeness (QED) is 0.783. The molecule has 19 heavy (non-hydrogen) atoms. The van der Waals surface area contributed by atoms with Crippen molar-refractivity contribution in [3.05, 3.63) is 0 Å². The predicted molar refractivity (Wildman–Crippen MR) is 73.6 cm³/mol. The van der Waals surface area contributed by atoms with E-state index in [1.165, 1.54) is 13.3 Å². The van der Waals surface area contributed by atoms with E-state index in [-0.39, 0.29) is 17.9 Å². The van der Waals surface area contributed by atoms with Gasteiger partial charge in [-0.2, -0.15) is 0 Å². The van der Waals surface area contributed by atoms with E-state index in [1.54, 1.807) is 0 Å². The number of carbonyl (C=O) groups excluding carboxylic acids is 2. The van der Waals surface area contributed by atoms with Crippen LogP contribution in [0.3, 0.4) is 0 Å². The van der Waals surface area contributed by atoms with Crippen molar-refractivity contribution in [3.8, 4) is 0 Å². The van der Waals surface area contributed by atoms with E-state index in [0.717, 1.165) is 38.9 Å². The number of nitrogens with zero attached hydrogens (tertiary/aromatic N) is 1. The van der Waals surface area contributed by atoms with Gasteiger partial charge in [0.05, 0.1) is 0 Å². The van der Waals surface area contributed by atoms with Crippen LogP contribution in [0.4, 0.5) is 0 Å². The zero-order chi connectivity index (χ0) is 13.7. The third kappa shape index (κ3) is 4.49. The first-order chi connectivity index (χ1) is 9.15. The Morgan fingerprint density at radius 3 is 2.84 bits per heavy atom. The molecule has 2 amide bonds. The number of hydrogen-bond acceptors (Lipinski definition) is 3. The Labute approximate surface area is 115 Å². The third-order valence-electron chi connectivity index (χ3n) is 4.04. The molecule has 0 aromatic rings. The van der Waals surface area contributed by atoms with E-state index in [9.17, 15) is 9.59 Å². The largest absolute Gasteiger partial charge is 0.352 e. The summed E-state index contributed by atoms with van der Waals surface area (Å²) in [6.07, 6.45) is 4.95. The normalized spacial score (nSPS) is 27.9. The Bertz CT molecular complexity index is 327. The number of piperidine rings is 2. The van der Waals surface area contributed by atoms with Crippen LogP contribution in [0.1, 0.15) is 39.0 Å². The lowest BCUT2D eigenvalue weighted by atomic mass is 9.95. The Kier molecular flexibility index (Phi) is 5.19. The molecular formula is C14H25N3O2. The fourth-order valence-corrected chi connectivity index (χ4v) is 3.08. The number of rotatable bonds is 3. The van der Waals surface area contributed by atoms with Gasteiger partial charge in [0.1, 0.15) is 0 Å². The molecule has 0 aliphatic carbocycles. The molecule has 2 aliphatic heterocycles. The first-order valence-corrected chi connectivity index (χ1v) is 7.40. The van der Waals surface area contributed by atoms with E-state index in [4.69, 9.17) is 0 Å². The maximum Gasteiger partial charge on any atom is 0.222 e. The standard InChI is InChI=1S/C14H25N3O2/c1-11(18)16-13-5-3-7-17(10-13)14(19)8-12-4-2-6-15-9-12/h12-13,15H,2-10H2,1H3,(H,16,18). The van der Waals surface area contributed by atoms with Crippen molar-refractivity contribution >= 4 is 11.8 Å². The number of amides is 2. The molecule has 2 aliphatic rings. The molecule has 2 atom stereocenters. The van der Waals surface area contributed by atoms with Crippen molar-refractivity contribution < 1.29 is 9.59 Å². The van der Waals surface area contributed by atoms with Gasteiger partial charge in [-0.15, -0.1) is 0 Å². The molecule has 0 radical (unpaired) electrons. The van der Waals surface area contributed by atoms with Crippen molar-refractivity contribution in [3.63, 3.8) is 0 Å². The number of carbonyl (C=O) groups is 2. The van der Waals surface area contributed by atoms with Gasteiger partial charge in [-0.1, -0.05) is 0 Å². The fourth-order valence-electron chi connectivity index (χ4n) is 3.08. The highest BCUT2D eigenvalue weighted by Crippen LogP contribution is 2.18. The van der Waals surface area contributed by atoms with Gasteiger partial charge >= 0.3 is 0 Å². The van der Waals surface area contributed by atoms with Crippen LogP contribution in [0.15, 0.2) is 0 Å². The molecule has 0 aromatic heterocycles. The number of nitrogens with one attached hydrogen (secondary N) is 2. The highest BCUT2D eigenvalue weighted by molar-refractivity contribution is 5.77. The van der Waals surface area contributed by atoms with Gasteiger partial charge in [0.2, 0.25) is 11.8 Å². The third-order valence-corrected chi connectivity index (χ3v) is 4.04. The Morgan fingerprint density at radius 2 is 2.16 bits per heavy atom. The van der Waals surface area contributed by atoms with Gasteiger partial charge in [-0.05, 0) is 44.7 Å². The smallest absolute Gasteiger partial charge is 0.222 e. The lowest BCUT2D eigenvalue weighted by Crippen LogP contribution is -2.49. The maximum absolute atomic E-state index is 12.3. The van der Waals surface area contributed by atoms with Gasteiger partial charge in [-0.25, -0.2) is 0 Å². The summed E-state index contributed by atoms with van der Waals surface area (Å²) in [5.41, 5.74) is 0. The van der Waals surface area contributed by atoms with E-state index in [1.807, 2.05) is 4.90 Å². The highest BCUT2D eigenvalue weighted by Gasteiger charge is 2.26. The molecule has 2 rings (SSSR count). The van der Waals surface area contributed by atoms with Crippen LogP contribution in [-0.4, -0.2) is 48.9 Å². The summed E-state index contributed by atoms with van der Waals surface area (Å²) >= 11 is 0. The fraction of sp³-hybridized carbons (Fsp3) is 0.857. The van der Waals surface area contributed by atoms with Gasteiger partial charge in [0.25, 0.3) is 0 Å². The summed E-state index contributed by atoms with van der Waals surface area (Å²) in [4.78, 5) is 25.3. The highest BCUT2D eigenvalue weighted by atomic mass is 16.2. The van der Waals surface area contributed by atoms with Crippen molar-refractivity contribution in [2.24, 2.45) is 5.92 Å². The van der Waals surface area contributed by atoms with Gasteiger partial charge in [0.15, 0.2) is 0 Å². The average molecular weight is 267 g/mol. The second kappa shape index (κ2) is 6.89. The minimum Gasteiger partial charge on any atom is -0.352 e. The van der Waals surface area contributed by atoms with Gasteiger partial charge < -0.3 is 15.5 Å². The molecule has 108 valence electrons. The summed E-state index contributed by atoms with van der Waals surface area (Å²) in [6.45, 7) is 5.11. The van der Waals surface area contributed by atoms with Crippen LogP contribution in [-0.2, 0) is 9.59 Å². The predicted octanol–water partition coefficient (Wildman–Crippen LogP) is 0.503. The average Bonchev–Trinajstić information content (AvgIpc) is 2.39. The molecule has 2 heterocycles. The minimum absolute atomic E-state index is 0.00391. The first-order valence-electron chi connectivity index (χ1n) is 7.40. The van der Waals surface area contributed by atoms with Crippen molar-refractivity contribution in [2.45, 2.75) is 45.1 Å². The lowest BCUT2D eigenvalue weighted by Gasteiger charge is -2.34. The molecule has 0 bridgehead atoms. The van der Waals surface area contributed by atoms with Crippen LogP contribution in [0.2, 0.25) is 0 Å². The summed E-state index contributed by atoms with van der Waals surface area (Å²) in [7, 11) is 0. The monoisotopic (exact) mass is 267 g/mol. The molecular weight excluding hydrogens is 242 g/mol. The van der Waals surface area contributed by atoms with E-state index < -0.39 is 0 Å². The van der Waals surface area contributed by atoms with Crippen molar-refractivity contribution in [1.29, 1.82) is 0 Å². The zero-order valence-electron chi connectivity index (χ0n) is 11.8. The molecule has 0 aromatic carbocycles. The Morgan fingerprint density at radius 1 is 1.32 bits per heavy atom. The summed E-state index contributed by atoms with van der Waals surface area (Å²) in [6, 6.07) is 0.139. The van der Waals surface area contributed by atoms with E-state index >= 15 is 0 Å². The van der Waals surface area contributed by atoms with Crippen LogP contribution < -0.4 is 10.6 Å². The maximum atomic E-state index is 12.3. The zero-order valence-corrected chi connectivity index (χ0v) is 11.8. The van der Waals surface area contributed by atoms with E-state index in [2.05, 4.69) is 10.6 Å². The SMILES string of the molecule is CC(=O)NC1CCCN(C(=O)CC2CCCNC2)C1.